The largest absolute Gasteiger partial charge is 0.459 e. The minimum atomic E-state index is 0.330. The molecule has 0 spiro atoms. The molecule has 0 radical (unpaired) electrons. The number of benzene rings is 1. The van der Waals surface area contributed by atoms with Crippen LogP contribution in [-0.2, 0) is 0 Å². The van der Waals surface area contributed by atoms with E-state index in [4.69, 9.17) is 4.42 Å². The fourth-order valence-electron chi connectivity index (χ4n) is 2.58. The Balaban J connectivity index is 1.98. The highest BCUT2D eigenvalue weighted by atomic mass is 16.3. The van der Waals surface area contributed by atoms with Crippen molar-refractivity contribution in [3.05, 3.63) is 48.7 Å². The molecule has 2 rings (SSSR count). The van der Waals surface area contributed by atoms with Gasteiger partial charge in [0.2, 0.25) is 0 Å². The van der Waals surface area contributed by atoms with Crippen LogP contribution < -0.4 is 5.32 Å². The standard InChI is InChI=1S/C18H25NO/c1-3-5-6-7-8-12-16(19-4-2)18-14-15-11-9-10-13-17(15)20-18/h3,9-11,13-14,16,19H,1,4-8,12H2,2H3. The summed E-state index contributed by atoms with van der Waals surface area (Å²) in [5.74, 6) is 1.07. The zero-order valence-corrected chi connectivity index (χ0v) is 12.4. The highest BCUT2D eigenvalue weighted by Gasteiger charge is 2.14. The second-order valence-corrected chi connectivity index (χ2v) is 5.22. The SMILES string of the molecule is C=CCCCCCC(NCC)c1cc2ccccc2o1. The average molecular weight is 271 g/mol. The number of allylic oxidation sites excluding steroid dienone is 1. The van der Waals surface area contributed by atoms with Crippen LogP contribution in [0, 0.1) is 0 Å². The summed E-state index contributed by atoms with van der Waals surface area (Å²) >= 11 is 0. The van der Waals surface area contributed by atoms with Gasteiger partial charge in [-0.05, 0) is 37.9 Å². The van der Waals surface area contributed by atoms with E-state index in [-0.39, 0.29) is 0 Å². The van der Waals surface area contributed by atoms with Gasteiger partial charge in [0.15, 0.2) is 0 Å². The first-order valence-corrected chi connectivity index (χ1v) is 7.68. The van der Waals surface area contributed by atoms with Gasteiger partial charge in [-0.2, -0.15) is 0 Å². The quantitative estimate of drug-likeness (QED) is 0.499. The van der Waals surface area contributed by atoms with E-state index in [0.29, 0.717) is 6.04 Å². The van der Waals surface area contributed by atoms with Crippen molar-refractivity contribution in [1.29, 1.82) is 0 Å². The van der Waals surface area contributed by atoms with Crippen LogP contribution in [0.2, 0.25) is 0 Å². The number of rotatable bonds is 9. The maximum Gasteiger partial charge on any atom is 0.134 e. The summed E-state index contributed by atoms with van der Waals surface area (Å²) in [6.07, 6.45) is 7.97. The fraction of sp³-hybridized carbons (Fsp3) is 0.444. The monoisotopic (exact) mass is 271 g/mol. The number of fused-ring (bicyclic) bond motifs is 1. The summed E-state index contributed by atoms with van der Waals surface area (Å²) in [4.78, 5) is 0. The third-order valence-corrected chi connectivity index (χ3v) is 3.64. The van der Waals surface area contributed by atoms with Crippen LogP contribution in [-0.4, -0.2) is 6.54 Å². The lowest BCUT2D eigenvalue weighted by Gasteiger charge is -2.15. The molecular formula is C18H25NO. The molecule has 2 heteroatoms. The number of hydrogen-bond acceptors (Lipinski definition) is 2. The second-order valence-electron chi connectivity index (χ2n) is 5.22. The van der Waals surface area contributed by atoms with E-state index in [1.165, 1.54) is 24.6 Å². The normalized spacial score (nSPS) is 12.7. The Labute approximate surface area is 121 Å². The van der Waals surface area contributed by atoms with Crippen molar-refractivity contribution in [3.8, 4) is 0 Å². The first-order valence-electron chi connectivity index (χ1n) is 7.68. The van der Waals surface area contributed by atoms with Crippen LogP contribution in [0.25, 0.3) is 11.0 Å². The Morgan fingerprint density at radius 1 is 1.25 bits per heavy atom. The van der Waals surface area contributed by atoms with Gasteiger partial charge < -0.3 is 9.73 Å². The predicted octanol–water partition coefficient (Wildman–Crippen LogP) is 5.22. The summed E-state index contributed by atoms with van der Waals surface area (Å²) in [6.45, 7) is 6.88. The molecule has 1 N–H and O–H groups in total. The molecule has 2 nitrogen and oxygen atoms in total. The maximum absolute atomic E-state index is 5.98. The Bertz CT molecular complexity index is 496. The molecular weight excluding hydrogens is 246 g/mol. The van der Waals surface area contributed by atoms with E-state index in [2.05, 4.69) is 37.0 Å². The van der Waals surface area contributed by atoms with Crippen LogP contribution in [0.4, 0.5) is 0 Å². The summed E-state index contributed by atoms with van der Waals surface area (Å²) < 4.78 is 5.98. The topological polar surface area (TPSA) is 25.2 Å². The Hall–Kier alpha value is -1.54. The van der Waals surface area contributed by atoms with Gasteiger partial charge in [0.25, 0.3) is 0 Å². The zero-order chi connectivity index (χ0) is 14.2. The molecule has 1 aromatic heterocycles. The molecule has 20 heavy (non-hydrogen) atoms. The third kappa shape index (κ3) is 3.97. The highest BCUT2D eigenvalue weighted by molar-refractivity contribution is 5.77. The second kappa shape index (κ2) is 7.91. The average Bonchev–Trinajstić information content (AvgIpc) is 2.89. The van der Waals surface area contributed by atoms with E-state index in [1.54, 1.807) is 0 Å². The van der Waals surface area contributed by atoms with Gasteiger partial charge in [-0.3, -0.25) is 0 Å². The van der Waals surface area contributed by atoms with E-state index in [0.717, 1.165) is 30.7 Å². The van der Waals surface area contributed by atoms with Crippen molar-refractivity contribution < 1.29 is 4.42 Å². The molecule has 1 aromatic carbocycles. The lowest BCUT2D eigenvalue weighted by atomic mass is 10.0. The Morgan fingerprint density at radius 2 is 2.10 bits per heavy atom. The number of unbranched alkanes of at least 4 members (excludes halogenated alkanes) is 3. The minimum Gasteiger partial charge on any atom is -0.459 e. The summed E-state index contributed by atoms with van der Waals surface area (Å²) in [6, 6.07) is 10.7. The number of hydrogen-bond donors (Lipinski definition) is 1. The first kappa shape index (κ1) is 14.9. The molecule has 0 aliphatic rings. The van der Waals surface area contributed by atoms with Crippen LogP contribution >= 0.6 is 0 Å². The lowest BCUT2D eigenvalue weighted by molar-refractivity contribution is 0.404. The molecule has 0 saturated carbocycles. The first-order chi connectivity index (χ1) is 9.85. The van der Waals surface area contributed by atoms with Gasteiger partial charge in [0.1, 0.15) is 11.3 Å². The lowest BCUT2D eigenvalue weighted by Crippen LogP contribution is -2.20. The van der Waals surface area contributed by atoms with Gasteiger partial charge in [0, 0.05) is 5.39 Å². The molecule has 0 bridgehead atoms. The van der Waals surface area contributed by atoms with Crippen LogP contribution in [0.3, 0.4) is 0 Å². The molecule has 0 aliphatic heterocycles. The number of nitrogens with one attached hydrogen (secondary N) is 1. The molecule has 2 aromatic rings. The Kier molecular flexibility index (Phi) is 5.87. The molecule has 1 heterocycles. The summed E-state index contributed by atoms with van der Waals surface area (Å²) in [7, 11) is 0. The van der Waals surface area contributed by atoms with Crippen molar-refractivity contribution in [2.75, 3.05) is 6.54 Å². The molecule has 0 saturated heterocycles. The third-order valence-electron chi connectivity index (χ3n) is 3.64. The maximum atomic E-state index is 5.98. The van der Waals surface area contributed by atoms with Gasteiger partial charge in [-0.15, -0.1) is 6.58 Å². The number of furan rings is 1. The zero-order valence-electron chi connectivity index (χ0n) is 12.4. The molecule has 0 amide bonds. The van der Waals surface area contributed by atoms with E-state index >= 15 is 0 Å². The van der Waals surface area contributed by atoms with Crippen molar-refractivity contribution >= 4 is 11.0 Å². The van der Waals surface area contributed by atoms with Gasteiger partial charge in [-0.1, -0.05) is 44.0 Å². The van der Waals surface area contributed by atoms with E-state index in [9.17, 15) is 0 Å². The molecule has 0 fully saturated rings. The van der Waals surface area contributed by atoms with Gasteiger partial charge in [0.05, 0.1) is 6.04 Å². The van der Waals surface area contributed by atoms with Crippen LogP contribution in [0.1, 0.15) is 50.8 Å². The molecule has 1 atom stereocenters. The van der Waals surface area contributed by atoms with Crippen molar-refractivity contribution in [3.63, 3.8) is 0 Å². The predicted molar refractivity (Wildman–Crippen MR) is 85.9 cm³/mol. The summed E-state index contributed by atoms with van der Waals surface area (Å²) in [5, 5.41) is 4.73. The van der Waals surface area contributed by atoms with Crippen LogP contribution in [0.5, 0.6) is 0 Å². The number of para-hydroxylation sites is 1. The molecule has 0 aliphatic carbocycles. The minimum absolute atomic E-state index is 0.330. The van der Waals surface area contributed by atoms with Crippen molar-refractivity contribution in [2.45, 2.75) is 45.1 Å². The van der Waals surface area contributed by atoms with Gasteiger partial charge >= 0.3 is 0 Å². The Morgan fingerprint density at radius 3 is 2.85 bits per heavy atom. The van der Waals surface area contributed by atoms with Crippen molar-refractivity contribution in [1.82, 2.24) is 5.32 Å². The van der Waals surface area contributed by atoms with Gasteiger partial charge in [-0.25, -0.2) is 0 Å². The highest BCUT2D eigenvalue weighted by Crippen LogP contribution is 2.27. The van der Waals surface area contributed by atoms with Crippen LogP contribution in [0.15, 0.2) is 47.4 Å². The molecule has 108 valence electrons. The van der Waals surface area contributed by atoms with E-state index in [1.807, 2.05) is 18.2 Å². The fourth-order valence-corrected chi connectivity index (χ4v) is 2.58. The van der Waals surface area contributed by atoms with Crippen molar-refractivity contribution in [2.24, 2.45) is 0 Å². The van der Waals surface area contributed by atoms with E-state index < -0.39 is 0 Å². The smallest absolute Gasteiger partial charge is 0.134 e. The molecule has 1 unspecified atom stereocenters. The summed E-state index contributed by atoms with van der Waals surface area (Å²) in [5.41, 5.74) is 0.983.